The Bertz CT molecular complexity index is 782. The van der Waals surface area contributed by atoms with Gasteiger partial charge in [0.1, 0.15) is 0 Å². The minimum atomic E-state index is -0.866. The van der Waals surface area contributed by atoms with Gasteiger partial charge in [0.15, 0.2) is 0 Å². The van der Waals surface area contributed by atoms with Crippen LogP contribution in [-0.4, -0.2) is 23.7 Å². The van der Waals surface area contributed by atoms with Crippen molar-refractivity contribution in [3.05, 3.63) is 53.1 Å². The van der Waals surface area contributed by atoms with Crippen molar-refractivity contribution in [1.29, 1.82) is 0 Å². The molecule has 0 spiro atoms. The zero-order valence-corrected chi connectivity index (χ0v) is 20.6. The number of carboxylic acids is 1. The van der Waals surface area contributed by atoms with Crippen LogP contribution in [0.1, 0.15) is 108 Å². The minimum absolute atomic E-state index is 0.347. The van der Waals surface area contributed by atoms with E-state index in [1.54, 1.807) is 13.0 Å². The van der Waals surface area contributed by atoms with Crippen molar-refractivity contribution in [1.82, 2.24) is 0 Å². The smallest absolute Gasteiger partial charge is 0.333 e. The number of unbranched alkanes of at least 4 members (excludes halogenated alkanes) is 4. The molecule has 0 unspecified atom stereocenters. The van der Waals surface area contributed by atoms with Crippen LogP contribution in [0, 0.1) is 5.92 Å². The highest BCUT2D eigenvalue weighted by molar-refractivity contribution is 5.92. The summed E-state index contributed by atoms with van der Waals surface area (Å²) in [5.41, 5.74) is 3.15. The van der Waals surface area contributed by atoms with Crippen LogP contribution >= 0.6 is 0 Å². The summed E-state index contributed by atoms with van der Waals surface area (Å²) in [6, 6.07) is 8.48. The van der Waals surface area contributed by atoms with Gasteiger partial charge in [-0.15, -0.1) is 0 Å². The topological polar surface area (TPSA) is 63.6 Å². The zero-order valence-electron chi connectivity index (χ0n) is 20.6. The number of ether oxygens (including phenoxy) is 1. The van der Waals surface area contributed by atoms with E-state index < -0.39 is 5.97 Å². The highest BCUT2D eigenvalue weighted by atomic mass is 16.5. The molecule has 4 heteroatoms. The van der Waals surface area contributed by atoms with Gasteiger partial charge in [0, 0.05) is 11.1 Å². The molecule has 4 nitrogen and oxygen atoms in total. The molecule has 2 rings (SSSR count). The third kappa shape index (κ3) is 9.98. The fraction of sp³-hybridized carbons (Fsp3) is 0.586. The van der Waals surface area contributed by atoms with Crippen molar-refractivity contribution in [2.45, 2.75) is 96.8 Å². The highest BCUT2D eigenvalue weighted by Gasteiger charge is 2.22. The molecule has 1 aromatic rings. The summed E-state index contributed by atoms with van der Waals surface area (Å²) in [5.74, 6) is 0.313. The first-order chi connectivity index (χ1) is 15.9. The number of carboxylic acid groups (broad SMARTS) is 1. The van der Waals surface area contributed by atoms with Crippen molar-refractivity contribution in [2.24, 2.45) is 5.92 Å². The molecule has 33 heavy (non-hydrogen) atoms. The van der Waals surface area contributed by atoms with Crippen molar-refractivity contribution in [3.8, 4) is 0 Å². The van der Waals surface area contributed by atoms with Crippen LogP contribution in [0.5, 0.6) is 0 Å². The average Bonchev–Trinajstić information content (AvgIpc) is 2.81. The van der Waals surface area contributed by atoms with Crippen LogP contribution in [0.15, 0.2) is 42.0 Å². The van der Waals surface area contributed by atoms with E-state index in [-0.39, 0.29) is 5.97 Å². The molecule has 1 aliphatic rings. The Labute approximate surface area is 200 Å². The second kappa shape index (κ2) is 14.7. The van der Waals surface area contributed by atoms with E-state index in [4.69, 9.17) is 4.74 Å². The molecule has 0 bridgehead atoms. The van der Waals surface area contributed by atoms with Gasteiger partial charge in [-0.3, -0.25) is 0 Å². The Morgan fingerprint density at radius 3 is 2.33 bits per heavy atom. The third-order valence-electron chi connectivity index (χ3n) is 6.76. The van der Waals surface area contributed by atoms with Crippen LogP contribution in [0.25, 0.3) is 6.08 Å². The van der Waals surface area contributed by atoms with E-state index in [1.165, 1.54) is 56.9 Å². The van der Waals surface area contributed by atoms with Crippen molar-refractivity contribution in [2.75, 3.05) is 6.61 Å². The summed E-state index contributed by atoms with van der Waals surface area (Å²) in [4.78, 5) is 23.0. The van der Waals surface area contributed by atoms with E-state index in [0.717, 1.165) is 30.7 Å². The van der Waals surface area contributed by atoms with Gasteiger partial charge in [0.2, 0.25) is 0 Å². The van der Waals surface area contributed by atoms with Crippen LogP contribution < -0.4 is 0 Å². The molecule has 0 amide bonds. The average molecular weight is 455 g/mol. The van der Waals surface area contributed by atoms with Crippen molar-refractivity contribution < 1.29 is 19.4 Å². The SMILES string of the molecule is C=C(C)C(=O)OCCCCCC(=Cc1ccc(C2CCC(CCCCC)CC2)cc1)C(=O)O. The van der Waals surface area contributed by atoms with Crippen molar-refractivity contribution >= 4 is 18.0 Å². The fourth-order valence-corrected chi connectivity index (χ4v) is 4.66. The molecule has 0 atom stereocenters. The lowest BCUT2D eigenvalue weighted by Crippen LogP contribution is -2.13. The van der Waals surface area contributed by atoms with Gasteiger partial charge in [-0.2, -0.15) is 0 Å². The Balaban J connectivity index is 1.79. The van der Waals surface area contributed by atoms with E-state index in [1.807, 2.05) is 0 Å². The molecule has 1 aliphatic carbocycles. The second-order valence-electron chi connectivity index (χ2n) is 9.58. The first kappa shape index (κ1) is 26.9. The molecule has 0 heterocycles. The maximum atomic E-state index is 11.7. The number of carbonyl (C=O) groups is 2. The van der Waals surface area contributed by atoms with Gasteiger partial charge in [-0.05, 0) is 87.3 Å². The number of aliphatic carboxylic acids is 1. The van der Waals surface area contributed by atoms with Crippen LogP contribution in [0.4, 0.5) is 0 Å². The Morgan fingerprint density at radius 1 is 1.03 bits per heavy atom. The number of hydrogen-bond acceptors (Lipinski definition) is 3. The molecule has 0 aliphatic heterocycles. The van der Waals surface area contributed by atoms with Gasteiger partial charge < -0.3 is 9.84 Å². The Kier molecular flexibility index (Phi) is 12.0. The fourth-order valence-electron chi connectivity index (χ4n) is 4.66. The standard InChI is InChI=1S/C29H42O4/c1-4-5-7-10-23-12-16-25(17-13-23)26-18-14-24(15-19-26)21-27(28(30)31)11-8-6-9-20-33-29(32)22(2)3/h14-15,18-19,21,23,25H,2,4-13,16-17,20H2,1,3H3,(H,30,31). The number of esters is 1. The quantitative estimate of drug-likeness (QED) is 0.178. The van der Waals surface area contributed by atoms with Gasteiger partial charge in [0.05, 0.1) is 6.61 Å². The van der Waals surface area contributed by atoms with E-state index in [0.29, 0.717) is 30.1 Å². The summed E-state index contributed by atoms with van der Waals surface area (Å²) in [6.45, 7) is 7.79. The van der Waals surface area contributed by atoms with Gasteiger partial charge in [-0.1, -0.05) is 63.5 Å². The lowest BCUT2D eigenvalue weighted by atomic mass is 9.77. The normalized spacial score (nSPS) is 18.7. The monoisotopic (exact) mass is 454 g/mol. The number of rotatable bonds is 14. The highest BCUT2D eigenvalue weighted by Crippen LogP contribution is 2.37. The van der Waals surface area contributed by atoms with Gasteiger partial charge in [-0.25, -0.2) is 9.59 Å². The maximum absolute atomic E-state index is 11.7. The molecular weight excluding hydrogens is 412 g/mol. The first-order valence-corrected chi connectivity index (χ1v) is 12.8. The Morgan fingerprint density at radius 2 is 1.73 bits per heavy atom. The largest absolute Gasteiger partial charge is 0.478 e. The summed E-state index contributed by atoms with van der Waals surface area (Å²) in [7, 11) is 0. The molecular formula is C29H42O4. The van der Waals surface area contributed by atoms with Gasteiger partial charge >= 0.3 is 11.9 Å². The van der Waals surface area contributed by atoms with E-state index in [2.05, 4.69) is 37.8 Å². The predicted molar refractivity (Wildman–Crippen MR) is 135 cm³/mol. The molecule has 182 valence electrons. The van der Waals surface area contributed by atoms with Crippen LogP contribution in [0.2, 0.25) is 0 Å². The lowest BCUT2D eigenvalue weighted by molar-refractivity contribution is -0.139. The number of benzene rings is 1. The second-order valence-corrected chi connectivity index (χ2v) is 9.58. The summed E-state index contributed by atoms with van der Waals surface area (Å²) >= 11 is 0. The summed E-state index contributed by atoms with van der Waals surface area (Å²) < 4.78 is 5.07. The van der Waals surface area contributed by atoms with Crippen molar-refractivity contribution in [3.63, 3.8) is 0 Å². The maximum Gasteiger partial charge on any atom is 0.333 e. The van der Waals surface area contributed by atoms with Crippen LogP contribution in [-0.2, 0) is 14.3 Å². The molecule has 0 aromatic heterocycles. The van der Waals surface area contributed by atoms with E-state index in [9.17, 15) is 14.7 Å². The lowest BCUT2D eigenvalue weighted by Gasteiger charge is -2.29. The molecule has 1 saturated carbocycles. The van der Waals surface area contributed by atoms with Crippen LogP contribution in [0.3, 0.4) is 0 Å². The number of hydrogen-bond donors (Lipinski definition) is 1. The molecule has 1 fully saturated rings. The first-order valence-electron chi connectivity index (χ1n) is 12.8. The molecule has 0 radical (unpaired) electrons. The van der Waals surface area contributed by atoms with E-state index >= 15 is 0 Å². The zero-order chi connectivity index (χ0) is 24.1. The molecule has 1 aromatic carbocycles. The summed E-state index contributed by atoms with van der Waals surface area (Å²) in [6.07, 6.45) is 15.2. The number of carbonyl (C=O) groups excluding carboxylic acids is 1. The molecule has 1 N–H and O–H groups in total. The van der Waals surface area contributed by atoms with Gasteiger partial charge in [0.25, 0.3) is 0 Å². The Hall–Kier alpha value is -2.36. The summed E-state index contributed by atoms with van der Waals surface area (Å²) in [5, 5.41) is 9.58. The third-order valence-corrected chi connectivity index (χ3v) is 6.76. The minimum Gasteiger partial charge on any atom is -0.478 e. The predicted octanol–water partition coefficient (Wildman–Crippen LogP) is 7.69. The molecule has 0 saturated heterocycles.